The maximum Gasteiger partial charge on any atom is 0.227 e. The van der Waals surface area contributed by atoms with E-state index >= 15 is 0 Å². The smallest absolute Gasteiger partial charge is 0.227 e. The van der Waals surface area contributed by atoms with Gasteiger partial charge in [-0.3, -0.25) is 14.9 Å². The molecule has 1 amide bonds. The van der Waals surface area contributed by atoms with Crippen molar-refractivity contribution >= 4 is 5.91 Å². The first kappa shape index (κ1) is 16.6. The van der Waals surface area contributed by atoms with Crippen molar-refractivity contribution in [1.29, 1.82) is 0 Å². The molecule has 0 unspecified atom stereocenters. The van der Waals surface area contributed by atoms with Gasteiger partial charge in [0.05, 0.1) is 17.6 Å². The number of hydrogen-bond donors (Lipinski definition) is 1. The number of rotatable bonds is 3. The zero-order valence-corrected chi connectivity index (χ0v) is 14.6. The minimum absolute atomic E-state index is 0.252. The molecule has 0 spiro atoms. The Labute approximate surface area is 142 Å². The molecule has 3 heterocycles. The highest BCUT2D eigenvalue weighted by Gasteiger charge is 2.30. The fourth-order valence-electron chi connectivity index (χ4n) is 3.14. The Morgan fingerprint density at radius 2 is 2.04 bits per heavy atom. The van der Waals surface area contributed by atoms with Crippen molar-refractivity contribution in [3.8, 4) is 11.4 Å². The van der Waals surface area contributed by atoms with Crippen molar-refractivity contribution in [3.63, 3.8) is 0 Å². The van der Waals surface area contributed by atoms with E-state index in [0.717, 1.165) is 49.4 Å². The van der Waals surface area contributed by atoms with Gasteiger partial charge in [-0.15, -0.1) is 0 Å². The first-order valence-electron chi connectivity index (χ1n) is 8.53. The fraction of sp³-hybridized carbons (Fsp3) is 0.556. The summed E-state index contributed by atoms with van der Waals surface area (Å²) in [6, 6.07) is 1.89. The lowest BCUT2D eigenvalue weighted by molar-refractivity contribution is -0.140. The average molecular weight is 327 g/mol. The van der Waals surface area contributed by atoms with Gasteiger partial charge in [0.25, 0.3) is 0 Å². The maximum absolute atomic E-state index is 12.4. The molecule has 0 aliphatic carbocycles. The van der Waals surface area contributed by atoms with Crippen LogP contribution in [0.2, 0.25) is 0 Å². The van der Waals surface area contributed by atoms with E-state index in [1.807, 2.05) is 37.9 Å². The van der Waals surface area contributed by atoms with Crippen molar-refractivity contribution in [2.75, 3.05) is 13.1 Å². The Hall–Kier alpha value is -2.24. The van der Waals surface area contributed by atoms with Gasteiger partial charge in [0, 0.05) is 30.9 Å². The third-order valence-corrected chi connectivity index (χ3v) is 4.50. The molecule has 1 aliphatic heterocycles. The van der Waals surface area contributed by atoms with Gasteiger partial charge < -0.3 is 4.90 Å². The number of likely N-dealkylation sites (tertiary alicyclic amines) is 1. The van der Waals surface area contributed by atoms with E-state index in [9.17, 15) is 4.79 Å². The summed E-state index contributed by atoms with van der Waals surface area (Å²) in [6.07, 6.45) is 8.27. The van der Waals surface area contributed by atoms with Crippen LogP contribution >= 0.6 is 0 Å². The Balaban J connectivity index is 1.59. The number of H-pyrrole nitrogens is 1. The summed E-state index contributed by atoms with van der Waals surface area (Å²) in [4.78, 5) is 23.4. The number of nitrogens with zero attached hydrogens (tertiary/aromatic N) is 4. The molecule has 2 aromatic heterocycles. The average Bonchev–Trinajstić information content (AvgIpc) is 3.09. The molecule has 6 nitrogen and oxygen atoms in total. The van der Waals surface area contributed by atoms with E-state index in [-0.39, 0.29) is 11.3 Å². The second kappa shape index (κ2) is 6.71. The lowest BCUT2D eigenvalue weighted by Crippen LogP contribution is -2.44. The summed E-state index contributed by atoms with van der Waals surface area (Å²) in [5.74, 6) is 0.808. The van der Waals surface area contributed by atoms with Crippen molar-refractivity contribution < 1.29 is 4.79 Å². The Bertz CT molecular complexity index is 682. The lowest BCUT2D eigenvalue weighted by Gasteiger charge is -2.35. The van der Waals surface area contributed by atoms with Crippen LogP contribution in [-0.4, -0.2) is 44.1 Å². The maximum atomic E-state index is 12.4. The third kappa shape index (κ3) is 3.80. The minimum Gasteiger partial charge on any atom is -0.342 e. The summed E-state index contributed by atoms with van der Waals surface area (Å²) >= 11 is 0. The van der Waals surface area contributed by atoms with Gasteiger partial charge >= 0.3 is 0 Å². The molecular formula is C18H25N5O. The summed E-state index contributed by atoms with van der Waals surface area (Å²) in [5, 5.41) is 6.88. The number of carbonyl (C=O) groups is 1. The monoisotopic (exact) mass is 327 g/mol. The van der Waals surface area contributed by atoms with E-state index in [4.69, 9.17) is 0 Å². The van der Waals surface area contributed by atoms with Crippen LogP contribution in [0.15, 0.2) is 24.7 Å². The second-order valence-corrected chi connectivity index (χ2v) is 7.56. The Kier molecular flexibility index (Phi) is 4.64. The predicted octanol–water partition coefficient (Wildman–Crippen LogP) is 2.69. The van der Waals surface area contributed by atoms with Crippen molar-refractivity contribution in [1.82, 2.24) is 25.1 Å². The van der Waals surface area contributed by atoms with Gasteiger partial charge in [0.1, 0.15) is 5.69 Å². The number of hydrogen-bond acceptors (Lipinski definition) is 4. The number of aromatic amines is 1. The third-order valence-electron chi connectivity index (χ3n) is 4.50. The molecule has 1 aliphatic rings. The van der Waals surface area contributed by atoms with E-state index in [2.05, 4.69) is 20.2 Å². The highest BCUT2D eigenvalue weighted by molar-refractivity contribution is 5.81. The molecule has 24 heavy (non-hydrogen) atoms. The van der Waals surface area contributed by atoms with Crippen molar-refractivity contribution in [2.45, 2.75) is 40.0 Å². The van der Waals surface area contributed by atoms with Crippen LogP contribution in [0.4, 0.5) is 0 Å². The first-order chi connectivity index (χ1) is 11.4. The van der Waals surface area contributed by atoms with Crippen LogP contribution in [0.1, 0.15) is 39.3 Å². The van der Waals surface area contributed by atoms with E-state index < -0.39 is 0 Å². The van der Waals surface area contributed by atoms with Gasteiger partial charge in [-0.25, -0.2) is 4.98 Å². The summed E-state index contributed by atoms with van der Waals surface area (Å²) in [5.41, 5.74) is 2.42. The number of aromatic nitrogens is 4. The minimum atomic E-state index is -0.295. The number of amides is 1. The van der Waals surface area contributed by atoms with Gasteiger partial charge in [-0.05, 0) is 31.2 Å². The van der Waals surface area contributed by atoms with Gasteiger partial charge in [-0.1, -0.05) is 20.8 Å². The first-order valence-corrected chi connectivity index (χ1v) is 8.53. The van der Waals surface area contributed by atoms with Crippen LogP contribution in [-0.2, 0) is 11.2 Å². The summed E-state index contributed by atoms with van der Waals surface area (Å²) < 4.78 is 0. The van der Waals surface area contributed by atoms with E-state index in [0.29, 0.717) is 5.92 Å². The molecular weight excluding hydrogens is 302 g/mol. The molecule has 0 saturated carbocycles. The summed E-state index contributed by atoms with van der Waals surface area (Å²) in [7, 11) is 0. The molecule has 0 atom stereocenters. The standard InChI is InChI=1S/C18H25N5O/c1-18(2,3)17(24)23-8-5-13(6-9-23)10-14-11-19-12-16(21-14)15-4-7-20-22-15/h4,7,11-13H,5-6,8-10H2,1-3H3,(H,20,22). The van der Waals surface area contributed by atoms with E-state index in [1.165, 1.54) is 0 Å². The molecule has 1 fully saturated rings. The molecule has 6 heteroatoms. The zero-order valence-electron chi connectivity index (χ0n) is 14.6. The molecule has 128 valence electrons. The Morgan fingerprint density at radius 1 is 1.29 bits per heavy atom. The number of carbonyl (C=O) groups excluding carboxylic acids is 1. The van der Waals surface area contributed by atoms with Crippen LogP contribution in [0, 0.1) is 11.3 Å². The van der Waals surface area contributed by atoms with Gasteiger partial charge in [0.2, 0.25) is 5.91 Å². The molecule has 2 aromatic rings. The quantitative estimate of drug-likeness (QED) is 0.940. The number of piperidine rings is 1. The topological polar surface area (TPSA) is 74.8 Å². The molecule has 0 bridgehead atoms. The van der Waals surface area contributed by atoms with Crippen LogP contribution in [0.25, 0.3) is 11.4 Å². The largest absolute Gasteiger partial charge is 0.342 e. The number of nitrogens with one attached hydrogen (secondary N) is 1. The van der Waals surface area contributed by atoms with Crippen LogP contribution < -0.4 is 0 Å². The molecule has 1 saturated heterocycles. The lowest BCUT2D eigenvalue weighted by atomic mass is 9.89. The second-order valence-electron chi connectivity index (χ2n) is 7.56. The zero-order chi connectivity index (χ0) is 17.2. The van der Waals surface area contributed by atoms with Gasteiger partial charge in [0.15, 0.2) is 0 Å². The van der Waals surface area contributed by atoms with Crippen molar-refractivity contribution in [2.24, 2.45) is 11.3 Å². The van der Waals surface area contributed by atoms with Crippen LogP contribution in [0.3, 0.4) is 0 Å². The highest BCUT2D eigenvalue weighted by Crippen LogP contribution is 2.25. The van der Waals surface area contributed by atoms with Crippen LogP contribution in [0.5, 0.6) is 0 Å². The SMILES string of the molecule is CC(C)(C)C(=O)N1CCC(Cc2cncc(-c3ccn[nH]3)n2)CC1. The highest BCUT2D eigenvalue weighted by atomic mass is 16.2. The summed E-state index contributed by atoms with van der Waals surface area (Å²) in [6.45, 7) is 7.64. The normalized spacial score (nSPS) is 16.4. The molecule has 0 radical (unpaired) electrons. The molecule has 1 N–H and O–H groups in total. The van der Waals surface area contributed by atoms with Crippen molar-refractivity contribution in [3.05, 3.63) is 30.4 Å². The van der Waals surface area contributed by atoms with Gasteiger partial charge in [-0.2, -0.15) is 5.10 Å². The predicted molar refractivity (Wildman–Crippen MR) is 92.1 cm³/mol. The van der Waals surface area contributed by atoms with E-state index in [1.54, 1.807) is 12.4 Å². The Morgan fingerprint density at radius 3 is 2.67 bits per heavy atom. The molecule has 3 rings (SSSR count). The fourth-order valence-corrected chi connectivity index (χ4v) is 3.14. The molecule has 0 aromatic carbocycles.